The van der Waals surface area contributed by atoms with Crippen molar-refractivity contribution in [2.75, 3.05) is 31.8 Å². The van der Waals surface area contributed by atoms with Crippen LogP contribution in [0.1, 0.15) is 32.4 Å². The molecule has 0 saturated carbocycles. The van der Waals surface area contributed by atoms with Gasteiger partial charge in [-0.05, 0) is 62.1 Å². The predicted molar refractivity (Wildman–Crippen MR) is 132 cm³/mol. The summed E-state index contributed by atoms with van der Waals surface area (Å²) >= 11 is 12.1. The number of carbonyl (C=O) groups excluding carboxylic acids is 2. The summed E-state index contributed by atoms with van der Waals surface area (Å²) in [6.07, 6.45) is -0.290. The molecule has 3 rings (SSSR count). The van der Waals surface area contributed by atoms with Crippen LogP contribution in [0.4, 0.5) is 11.4 Å². The Morgan fingerprint density at radius 3 is 2.12 bits per heavy atom. The van der Waals surface area contributed by atoms with E-state index in [9.17, 15) is 9.59 Å². The molecule has 3 aromatic rings. The van der Waals surface area contributed by atoms with E-state index in [-0.39, 0.29) is 28.2 Å². The van der Waals surface area contributed by atoms with Crippen molar-refractivity contribution in [1.82, 2.24) is 4.90 Å². The summed E-state index contributed by atoms with van der Waals surface area (Å²) in [5.41, 5.74) is 8.25. The first-order valence-corrected chi connectivity index (χ1v) is 10.7. The molecule has 4 N–H and O–H groups in total. The van der Waals surface area contributed by atoms with Crippen LogP contribution in [0.2, 0.25) is 10.0 Å². The van der Waals surface area contributed by atoms with Crippen molar-refractivity contribution in [3.05, 3.63) is 87.4 Å². The number of rotatable bonds is 7. The van der Waals surface area contributed by atoms with E-state index in [0.29, 0.717) is 16.3 Å². The SMILES string of the molecule is COc1cc(Cl)cc(C(=O)Nc2ccc(Cl)cc2)c1NC(=O)c1ccc(C(N)N(C)C)cc1. The lowest BCUT2D eigenvalue weighted by molar-refractivity contribution is 0.102. The summed E-state index contributed by atoms with van der Waals surface area (Å²) in [7, 11) is 5.17. The molecule has 0 saturated heterocycles. The molecule has 172 valence electrons. The number of hydrogen-bond acceptors (Lipinski definition) is 5. The average molecular weight is 487 g/mol. The van der Waals surface area contributed by atoms with Gasteiger partial charge in [0.2, 0.25) is 0 Å². The number of hydrogen-bond donors (Lipinski definition) is 3. The number of nitrogens with one attached hydrogen (secondary N) is 2. The normalized spacial score (nSPS) is 11.7. The summed E-state index contributed by atoms with van der Waals surface area (Å²) in [5.74, 6) is -0.634. The highest BCUT2D eigenvalue weighted by Gasteiger charge is 2.21. The van der Waals surface area contributed by atoms with E-state index in [1.54, 1.807) is 48.5 Å². The molecule has 0 aliphatic rings. The molecule has 0 aliphatic carbocycles. The number of carbonyl (C=O) groups is 2. The quantitative estimate of drug-likeness (QED) is 0.407. The highest BCUT2D eigenvalue weighted by atomic mass is 35.5. The molecular formula is C24H24Cl2N4O3. The zero-order valence-electron chi connectivity index (χ0n) is 18.4. The van der Waals surface area contributed by atoms with Gasteiger partial charge in [-0.3, -0.25) is 14.5 Å². The topological polar surface area (TPSA) is 96.7 Å². The number of ether oxygens (including phenoxy) is 1. The van der Waals surface area contributed by atoms with Gasteiger partial charge in [-0.1, -0.05) is 35.3 Å². The first-order valence-electron chi connectivity index (χ1n) is 9.97. The molecule has 0 aromatic heterocycles. The van der Waals surface area contributed by atoms with Crippen molar-refractivity contribution in [2.45, 2.75) is 6.17 Å². The van der Waals surface area contributed by atoms with Gasteiger partial charge in [0.05, 0.1) is 24.5 Å². The standard InChI is InChI=1S/C24H24Cl2N4O3/c1-30(2)22(27)14-4-6-15(7-5-14)23(31)29-21-19(12-17(26)13-20(21)33-3)24(32)28-18-10-8-16(25)9-11-18/h4-13,22H,27H2,1-3H3,(H,28,32)(H,29,31). The van der Waals surface area contributed by atoms with E-state index in [2.05, 4.69) is 10.6 Å². The lowest BCUT2D eigenvalue weighted by Gasteiger charge is -2.20. The number of amides is 2. The van der Waals surface area contributed by atoms with Crippen LogP contribution in [0, 0.1) is 0 Å². The van der Waals surface area contributed by atoms with E-state index in [4.69, 9.17) is 33.7 Å². The van der Waals surface area contributed by atoms with E-state index in [1.807, 2.05) is 19.0 Å². The van der Waals surface area contributed by atoms with Gasteiger partial charge in [0, 0.05) is 27.4 Å². The molecule has 0 aliphatic heterocycles. The summed E-state index contributed by atoms with van der Waals surface area (Å²) in [5, 5.41) is 6.37. The Bertz CT molecular complexity index is 1150. The molecule has 0 heterocycles. The Balaban J connectivity index is 1.89. The maximum Gasteiger partial charge on any atom is 0.257 e. The highest BCUT2D eigenvalue weighted by Crippen LogP contribution is 2.33. The first kappa shape index (κ1) is 24.5. The fourth-order valence-corrected chi connectivity index (χ4v) is 3.43. The molecule has 0 fully saturated rings. The third-order valence-corrected chi connectivity index (χ3v) is 5.41. The highest BCUT2D eigenvalue weighted by molar-refractivity contribution is 6.32. The summed E-state index contributed by atoms with van der Waals surface area (Å²) in [6.45, 7) is 0. The van der Waals surface area contributed by atoms with Crippen LogP contribution in [-0.4, -0.2) is 37.9 Å². The number of methoxy groups -OCH3 is 1. The fraction of sp³-hybridized carbons (Fsp3) is 0.167. The number of nitrogens with two attached hydrogens (primary N) is 1. The molecule has 1 unspecified atom stereocenters. The summed E-state index contributed by atoms with van der Waals surface area (Å²) in [4.78, 5) is 27.8. The van der Waals surface area contributed by atoms with Crippen molar-refractivity contribution in [2.24, 2.45) is 5.73 Å². The molecule has 0 bridgehead atoms. The van der Waals surface area contributed by atoms with Crippen molar-refractivity contribution in [1.29, 1.82) is 0 Å². The van der Waals surface area contributed by atoms with Crippen molar-refractivity contribution in [3.8, 4) is 5.75 Å². The van der Waals surface area contributed by atoms with Crippen LogP contribution in [0.5, 0.6) is 5.75 Å². The lowest BCUT2D eigenvalue weighted by atomic mass is 10.1. The Morgan fingerprint density at radius 2 is 1.55 bits per heavy atom. The Labute approximate surface area is 202 Å². The number of halogens is 2. The van der Waals surface area contributed by atoms with Crippen LogP contribution in [0.15, 0.2) is 60.7 Å². The third kappa shape index (κ3) is 6.03. The van der Waals surface area contributed by atoms with Gasteiger partial charge in [0.25, 0.3) is 11.8 Å². The minimum atomic E-state index is -0.472. The van der Waals surface area contributed by atoms with Crippen molar-refractivity contribution < 1.29 is 14.3 Å². The minimum Gasteiger partial charge on any atom is -0.494 e. The van der Waals surface area contributed by atoms with Gasteiger partial charge in [0.15, 0.2) is 0 Å². The van der Waals surface area contributed by atoms with Crippen molar-refractivity contribution >= 4 is 46.4 Å². The zero-order chi connectivity index (χ0) is 24.1. The first-order chi connectivity index (χ1) is 15.7. The van der Waals surface area contributed by atoms with Crippen molar-refractivity contribution in [3.63, 3.8) is 0 Å². The number of anilines is 2. The summed E-state index contributed by atoms with van der Waals surface area (Å²) in [6, 6.07) is 16.5. The average Bonchev–Trinajstić information content (AvgIpc) is 2.80. The molecule has 2 amide bonds. The molecule has 3 aromatic carbocycles. The van der Waals surface area contributed by atoms with Crippen LogP contribution in [0.25, 0.3) is 0 Å². The van der Waals surface area contributed by atoms with Gasteiger partial charge in [0.1, 0.15) is 5.75 Å². The van der Waals surface area contributed by atoms with Crippen LogP contribution < -0.4 is 21.1 Å². The number of nitrogens with zero attached hydrogens (tertiary/aromatic N) is 1. The molecular weight excluding hydrogens is 463 g/mol. The van der Waals surface area contributed by atoms with Crippen LogP contribution in [0.3, 0.4) is 0 Å². The molecule has 7 nitrogen and oxygen atoms in total. The van der Waals surface area contributed by atoms with E-state index >= 15 is 0 Å². The Hall–Kier alpha value is -3.10. The van der Waals surface area contributed by atoms with E-state index < -0.39 is 11.8 Å². The monoisotopic (exact) mass is 486 g/mol. The predicted octanol–water partition coefficient (Wildman–Crippen LogP) is 5.03. The molecule has 0 radical (unpaired) electrons. The molecule has 33 heavy (non-hydrogen) atoms. The molecule has 0 spiro atoms. The third-order valence-electron chi connectivity index (χ3n) is 4.94. The van der Waals surface area contributed by atoms with Gasteiger partial charge in [-0.15, -0.1) is 0 Å². The largest absolute Gasteiger partial charge is 0.494 e. The Kier molecular flexibility index (Phi) is 7.94. The van der Waals surface area contributed by atoms with E-state index in [0.717, 1.165) is 5.56 Å². The second-order valence-electron chi connectivity index (χ2n) is 7.48. The van der Waals surface area contributed by atoms with E-state index in [1.165, 1.54) is 19.2 Å². The second kappa shape index (κ2) is 10.7. The van der Waals surface area contributed by atoms with Crippen LogP contribution in [-0.2, 0) is 0 Å². The number of benzene rings is 3. The van der Waals surface area contributed by atoms with Gasteiger partial charge in [-0.2, -0.15) is 0 Å². The Morgan fingerprint density at radius 1 is 0.909 bits per heavy atom. The minimum absolute atomic E-state index is 0.147. The molecule has 1 atom stereocenters. The maximum absolute atomic E-state index is 13.0. The van der Waals surface area contributed by atoms with Gasteiger partial charge >= 0.3 is 0 Å². The van der Waals surface area contributed by atoms with Gasteiger partial charge < -0.3 is 21.1 Å². The second-order valence-corrected chi connectivity index (χ2v) is 8.35. The van der Waals surface area contributed by atoms with Crippen LogP contribution >= 0.6 is 23.2 Å². The fourth-order valence-electron chi connectivity index (χ4n) is 3.10. The summed E-state index contributed by atoms with van der Waals surface area (Å²) < 4.78 is 5.38. The van der Waals surface area contributed by atoms with Gasteiger partial charge in [-0.25, -0.2) is 0 Å². The molecule has 9 heteroatoms. The maximum atomic E-state index is 13.0. The lowest BCUT2D eigenvalue weighted by Crippen LogP contribution is -2.27. The zero-order valence-corrected chi connectivity index (χ0v) is 19.9. The smallest absolute Gasteiger partial charge is 0.257 e.